The van der Waals surface area contributed by atoms with Crippen molar-refractivity contribution in [1.29, 1.82) is 0 Å². The Labute approximate surface area is 258 Å². The minimum absolute atomic E-state index is 0. The van der Waals surface area contributed by atoms with Crippen LogP contribution >= 0.6 is 0 Å². The third-order valence-corrected chi connectivity index (χ3v) is 3.82. The Balaban J connectivity index is -0.0000000184. The van der Waals surface area contributed by atoms with E-state index in [2.05, 4.69) is 69.4 Å². The molecule has 38 heavy (non-hydrogen) atoms. The lowest BCUT2D eigenvalue weighted by Crippen LogP contribution is -1.94. The van der Waals surface area contributed by atoms with Crippen LogP contribution in [-0.4, -0.2) is 0 Å². The fraction of sp³-hybridized carbons (Fsp3) is 0.789. The Morgan fingerprint density at radius 3 is 0.842 bits per heavy atom. The second kappa shape index (κ2) is 110. The van der Waals surface area contributed by atoms with Crippen LogP contribution < -0.4 is 0 Å². The maximum absolute atomic E-state index is 2.40. The summed E-state index contributed by atoms with van der Waals surface area (Å²) >= 11 is 0. The van der Waals surface area contributed by atoms with E-state index in [9.17, 15) is 0 Å². The number of rotatable bonds is 14. The lowest BCUT2D eigenvalue weighted by Gasteiger charge is -2.09. The average molecular weight is 559 g/mol. The predicted molar refractivity (Wildman–Crippen MR) is 211 cm³/mol. The van der Waals surface area contributed by atoms with Gasteiger partial charge in [0.2, 0.25) is 0 Å². The van der Waals surface area contributed by atoms with Crippen LogP contribution in [0.3, 0.4) is 0 Å². The summed E-state index contributed by atoms with van der Waals surface area (Å²) in [5.41, 5.74) is 0. The number of hydrogen-bond donors (Lipinski definition) is 0. The van der Waals surface area contributed by atoms with Crippen LogP contribution in [0.2, 0.25) is 0 Å². The van der Waals surface area contributed by atoms with Crippen molar-refractivity contribution in [3.63, 3.8) is 0 Å². The maximum atomic E-state index is 2.40. The van der Waals surface area contributed by atoms with E-state index in [0.717, 1.165) is 31.6 Å². The Morgan fingerprint density at radius 2 is 0.605 bits per heavy atom. The van der Waals surface area contributed by atoms with E-state index in [1.807, 2.05) is 0 Å². The van der Waals surface area contributed by atoms with Gasteiger partial charge in [-0.25, -0.2) is 0 Å². The molecule has 0 aromatic rings. The first-order valence-electron chi connectivity index (χ1n) is 9.41. The monoisotopic (exact) mass is 559 g/mol. The van der Waals surface area contributed by atoms with E-state index >= 15 is 0 Å². The fourth-order valence-corrected chi connectivity index (χ4v) is 2.42. The molecule has 0 nitrogen and oxygen atoms in total. The van der Waals surface area contributed by atoms with Crippen LogP contribution in [0.1, 0.15) is 204 Å². The van der Waals surface area contributed by atoms with Crippen molar-refractivity contribution < 1.29 is 0 Å². The van der Waals surface area contributed by atoms with Gasteiger partial charge in [-0.1, -0.05) is 201 Å². The zero-order chi connectivity index (χ0) is 16.3. The highest BCUT2D eigenvalue weighted by atomic mass is 14.1. The molecule has 0 aromatic carbocycles. The lowest BCUT2D eigenvalue weighted by molar-refractivity contribution is 0.463. The van der Waals surface area contributed by atoms with Gasteiger partial charge in [0.25, 0.3) is 0 Å². The first-order valence-corrected chi connectivity index (χ1v) is 9.41. The van der Waals surface area contributed by atoms with Gasteiger partial charge in [0.15, 0.2) is 0 Å². The molecule has 0 heterocycles. The Hall–Kier alpha value is -1.04. The molecule has 0 bridgehead atoms. The minimum Gasteiger partial charge on any atom is -0.0885 e. The molecule has 0 aliphatic carbocycles. The molecule has 254 valence electrons. The van der Waals surface area contributed by atoms with Crippen LogP contribution in [0.5, 0.6) is 0 Å². The van der Waals surface area contributed by atoms with Gasteiger partial charge in [0, 0.05) is 0 Å². The molecular formula is C38H102. The summed E-state index contributed by atoms with van der Waals surface area (Å²) in [5.74, 6) is 0.877. The summed E-state index contributed by atoms with van der Waals surface area (Å²) in [7, 11) is 0. The number of allylic oxidation sites excluding steroid dienone is 8. The highest BCUT2D eigenvalue weighted by Gasteiger charge is 2.00. The van der Waals surface area contributed by atoms with E-state index in [0.29, 0.717) is 0 Å². The summed E-state index contributed by atoms with van der Waals surface area (Å²) in [5, 5.41) is 0. The van der Waals surface area contributed by atoms with Crippen molar-refractivity contribution in [3.8, 4) is 0 Å². The third-order valence-electron chi connectivity index (χ3n) is 3.82. The van der Waals surface area contributed by atoms with Crippen molar-refractivity contribution in [2.75, 3.05) is 0 Å². The van der Waals surface area contributed by atoms with E-state index < -0.39 is 0 Å². The van der Waals surface area contributed by atoms with Crippen molar-refractivity contribution in [1.82, 2.24) is 0 Å². The molecule has 0 fully saturated rings. The minimum atomic E-state index is 0. The molecule has 0 rings (SSSR count). The number of unbranched alkanes of at least 4 members (excludes halogenated alkanes) is 2. The van der Waals surface area contributed by atoms with Crippen molar-refractivity contribution in [2.24, 2.45) is 5.92 Å². The van der Waals surface area contributed by atoms with Crippen LogP contribution in [0.15, 0.2) is 48.6 Å². The largest absolute Gasteiger partial charge is 0.0885 e. The summed E-state index contributed by atoms with van der Waals surface area (Å²) in [4.78, 5) is 0. The van der Waals surface area contributed by atoms with Crippen LogP contribution in [0.25, 0.3) is 0 Å². The molecular weight excluding hydrogens is 456 g/mol. The molecule has 0 aliphatic rings. The van der Waals surface area contributed by atoms with Gasteiger partial charge in [-0.3, -0.25) is 0 Å². The van der Waals surface area contributed by atoms with Crippen molar-refractivity contribution in [2.45, 2.75) is 204 Å². The molecule has 0 heteroatoms. The summed E-state index contributed by atoms with van der Waals surface area (Å²) in [6.45, 7) is 6.77. The second-order valence-electron chi connectivity index (χ2n) is 6.14. The predicted octanol–water partition coefficient (Wildman–Crippen LogP) is 18.0. The van der Waals surface area contributed by atoms with Crippen LogP contribution in [-0.2, 0) is 0 Å². The second-order valence-corrected chi connectivity index (χ2v) is 6.14. The highest BCUT2D eigenvalue weighted by Crippen LogP contribution is 2.15. The average Bonchev–Trinajstić information content (AvgIpc) is 2.52. The molecule has 0 aliphatic heterocycles. The molecule has 0 saturated heterocycles. The van der Waals surface area contributed by atoms with Crippen LogP contribution in [0, 0.1) is 5.92 Å². The quantitative estimate of drug-likeness (QED) is 0.147. The van der Waals surface area contributed by atoms with Gasteiger partial charge in [-0.05, 0) is 57.3 Å². The van der Waals surface area contributed by atoms with E-state index in [4.69, 9.17) is 0 Å². The summed E-state index contributed by atoms with van der Waals surface area (Å²) in [6.07, 6.45) is 30.7. The first-order chi connectivity index (χ1) is 10.8. The Morgan fingerprint density at radius 1 is 0.368 bits per heavy atom. The molecule has 0 unspecified atom stereocenters. The van der Waals surface area contributed by atoms with E-state index in [-0.39, 0.29) is 119 Å². The van der Waals surface area contributed by atoms with Crippen molar-refractivity contribution in [3.05, 3.63) is 48.6 Å². The molecule has 0 amide bonds. The number of hydrogen-bond acceptors (Lipinski definition) is 0. The SMILES string of the molecule is C.C.C.C.C.C.C.C.C.C.C.C.C.C.C.C.CCC=CCC=CCCCC(C)CCCC=CCC=CCC. The zero-order valence-corrected chi connectivity index (χ0v) is 15.3. The molecule has 0 atom stereocenters. The van der Waals surface area contributed by atoms with Gasteiger partial charge in [-0.2, -0.15) is 0 Å². The topological polar surface area (TPSA) is 0 Å². The van der Waals surface area contributed by atoms with Gasteiger partial charge in [0.1, 0.15) is 0 Å². The van der Waals surface area contributed by atoms with Crippen LogP contribution in [0.4, 0.5) is 0 Å². The summed E-state index contributed by atoms with van der Waals surface area (Å²) < 4.78 is 0. The lowest BCUT2D eigenvalue weighted by atomic mass is 9.97. The smallest absolute Gasteiger partial charge is 0.0169 e. The Kier molecular flexibility index (Phi) is 348. The molecule has 0 saturated carbocycles. The maximum Gasteiger partial charge on any atom is -0.0169 e. The highest BCUT2D eigenvalue weighted by molar-refractivity contribution is 4.93. The fourth-order valence-electron chi connectivity index (χ4n) is 2.42. The zero-order valence-electron chi connectivity index (χ0n) is 15.3. The van der Waals surface area contributed by atoms with Gasteiger partial charge in [-0.15, -0.1) is 0 Å². The molecule has 0 spiro atoms. The normalized spacial score (nSPS) is 8.18. The molecule has 0 radical (unpaired) electrons. The third kappa shape index (κ3) is 112. The van der Waals surface area contributed by atoms with E-state index in [1.165, 1.54) is 38.5 Å². The Bertz CT molecular complexity index is 285. The first kappa shape index (κ1) is 120. The molecule has 0 aromatic heterocycles. The van der Waals surface area contributed by atoms with E-state index in [1.54, 1.807) is 0 Å². The van der Waals surface area contributed by atoms with Gasteiger partial charge < -0.3 is 0 Å². The summed E-state index contributed by atoms with van der Waals surface area (Å²) in [6, 6.07) is 0. The van der Waals surface area contributed by atoms with Crippen molar-refractivity contribution >= 4 is 0 Å². The van der Waals surface area contributed by atoms with Gasteiger partial charge in [0.05, 0.1) is 0 Å². The molecule has 0 N–H and O–H groups in total. The standard InChI is InChI=1S/C22H38.16CH4/c1-4-6-8-10-12-14-16-18-20-22(3)21-19-17-15-13-11-9-7-5-2;;;;;;;;;;;;;;;;/h6-9,12-15,22H,4-5,10-11,16-21H2,1-3H3;16*1H4. The van der Waals surface area contributed by atoms with Gasteiger partial charge >= 0.3 is 0 Å².